The maximum atomic E-state index is 5.51. The van der Waals surface area contributed by atoms with E-state index in [0.29, 0.717) is 6.04 Å². The number of unbranched alkanes of at least 4 members (excludes halogenated alkanes) is 1. The number of hydrogen-bond acceptors (Lipinski definition) is 4. The van der Waals surface area contributed by atoms with Crippen LogP contribution in [-0.2, 0) is 12.8 Å². The molecule has 0 saturated heterocycles. The van der Waals surface area contributed by atoms with Crippen molar-refractivity contribution >= 4 is 15.9 Å². The van der Waals surface area contributed by atoms with Gasteiger partial charge in [-0.1, -0.05) is 41.8 Å². The minimum absolute atomic E-state index is 0.255. The maximum Gasteiger partial charge on any atom is 0.161 e. The molecule has 5 heteroatoms. The van der Waals surface area contributed by atoms with Gasteiger partial charge >= 0.3 is 0 Å². The number of ether oxygens (including phenoxy) is 3. The first-order chi connectivity index (χ1) is 13.6. The van der Waals surface area contributed by atoms with Crippen LogP contribution in [0.3, 0.4) is 0 Å². The smallest absolute Gasteiger partial charge is 0.161 e. The van der Waals surface area contributed by atoms with Crippen LogP contribution in [0.25, 0.3) is 0 Å². The van der Waals surface area contributed by atoms with Gasteiger partial charge in [0.1, 0.15) is 5.75 Å². The van der Waals surface area contributed by atoms with E-state index < -0.39 is 0 Å². The molecular weight excluding hydrogens is 418 g/mol. The van der Waals surface area contributed by atoms with Crippen LogP contribution in [0, 0.1) is 0 Å². The van der Waals surface area contributed by atoms with Crippen LogP contribution in [0.4, 0.5) is 0 Å². The van der Waals surface area contributed by atoms with Crippen LogP contribution in [-0.4, -0.2) is 27.4 Å². The minimum Gasteiger partial charge on any atom is -0.497 e. The van der Waals surface area contributed by atoms with E-state index in [1.54, 1.807) is 21.3 Å². The third-order valence-electron chi connectivity index (χ3n) is 5.51. The molecule has 1 aliphatic rings. The van der Waals surface area contributed by atoms with Crippen LogP contribution >= 0.6 is 15.9 Å². The summed E-state index contributed by atoms with van der Waals surface area (Å²) in [4.78, 5) is 0. The summed E-state index contributed by atoms with van der Waals surface area (Å²) >= 11 is 3.71. The highest BCUT2D eigenvalue weighted by Gasteiger charge is 2.27. The average molecular weight is 448 g/mol. The van der Waals surface area contributed by atoms with Gasteiger partial charge in [-0.05, 0) is 60.2 Å². The SMILES string of the molecule is CCCCC1Cc2cc(OC)ccc2C(Cc2cc(OC)c(OC)cc2Br)N1. The Balaban J connectivity index is 1.92. The molecule has 2 unspecified atom stereocenters. The van der Waals surface area contributed by atoms with E-state index in [4.69, 9.17) is 14.2 Å². The maximum absolute atomic E-state index is 5.51. The van der Waals surface area contributed by atoms with Crippen molar-refractivity contribution < 1.29 is 14.2 Å². The van der Waals surface area contributed by atoms with Gasteiger partial charge in [-0.2, -0.15) is 0 Å². The Kier molecular flexibility index (Phi) is 7.24. The van der Waals surface area contributed by atoms with Crippen molar-refractivity contribution in [2.24, 2.45) is 0 Å². The third-order valence-corrected chi connectivity index (χ3v) is 6.25. The molecule has 152 valence electrons. The quantitative estimate of drug-likeness (QED) is 0.582. The Morgan fingerprint density at radius 1 is 1.04 bits per heavy atom. The summed E-state index contributed by atoms with van der Waals surface area (Å²) < 4.78 is 17.4. The second kappa shape index (κ2) is 9.66. The van der Waals surface area contributed by atoms with E-state index in [9.17, 15) is 0 Å². The number of benzene rings is 2. The number of methoxy groups -OCH3 is 3. The van der Waals surface area contributed by atoms with Crippen molar-refractivity contribution in [3.63, 3.8) is 0 Å². The van der Waals surface area contributed by atoms with Crippen LogP contribution < -0.4 is 19.5 Å². The van der Waals surface area contributed by atoms with Gasteiger partial charge in [0, 0.05) is 16.6 Å². The fourth-order valence-electron chi connectivity index (χ4n) is 4.00. The Bertz CT molecular complexity index is 809. The van der Waals surface area contributed by atoms with Gasteiger partial charge in [0.2, 0.25) is 0 Å². The van der Waals surface area contributed by atoms with E-state index in [1.165, 1.54) is 36.0 Å². The topological polar surface area (TPSA) is 39.7 Å². The van der Waals surface area contributed by atoms with E-state index in [0.717, 1.165) is 34.6 Å². The van der Waals surface area contributed by atoms with Crippen molar-refractivity contribution in [3.05, 3.63) is 51.5 Å². The molecule has 1 heterocycles. The third kappa shape index (κ3) is 4.64. The highest BCUT2D eigenvalue weighted by Crippen LogP contribution is 2.37. The molecular formula is C23H30BrNO3. The summed E-state index contributed by atoms with van der Waals surface area (Å²) in [5.74, 6) is 2.43. The summed E-state index contributed by atoms with van der Waals surface area (Å²) in [5, 5.41) is 3.89. The number of nitrogens with one attached hydrogen (secondary N) is 1. The highest BCUT2D eigenvalue weighted by molar-refractivity contribution is 9.10. The minimum atomic E-state index is 0.255. The molecule has 3 rings (SSSR count). The molecule has 0 radical (unpaired) electrons. The molecule has 2 aromatic rings. The van der Waals surface area contributed by atoms with Gasteiger partial charge in [0.15, 0.2) is 11.5 Å². The first-order valence-corrected chi connectivity index (χ1v) is 10.7. The molecule has 2 aromatic carbocycles. The van der Waals surface area contributed by atoms with Crippen LogP contribution in [0.2, 0.25) is 0 Å². The van der Waals surface area contributed by atoms with Crippen molar-refractivity contribution in [3.8, 4) is 17.2 Å². The lowest BCUT2D eigenvalue weighted by Crippen LogP contribution is -2.40. The Morgan fingerprint density at radius 2 is 1.79 bits per heavy atom. The molecule has 4 nitrogen and oxygen atoms in total. The van der Waals surface area contributed by atoms with Crippen molar-refractivity contribution in [2.45, 2.75) is 51.1 Å². The Labute approximate surface area is 176 Å². The number of hydrogen-bond donors (Lipinski definition) is 1. The first kappa shape index (κ1) is 21.0. The van der Waals surface area contributed by atoms with E-state index >= 15 is 0 Å². The van der Waals surface area contributed by atoms with Crippen LogP contribution in [0.1, 0.15) is 48.9 Å². The van der Waals surface area contributed by atoms with Gasteiger partial charge in [0.25, 0.3) is 0 Å². The molecule has 0 saturated carbocycles. The van der Waals surface area contributed by atoms with Gasteiger partial charge in [0.05, 0.1) is 21.3 Å². The predicted octanol–water partition coefficient (Wildman–Crippen LogP) is 5.46. The largest absolute Gasteiger partial charge is 0.497 e. The average Bonchev–Trinajstić information content (AvgIpc) is 2.72. The van der Waals surface area contributed by atoms with Crippen molar-refractivity contribution in [1.82, 2.24) is 5.32 Å². The molecule has 0 fully saturated rings. The molecule has 0 amide bonds. The van der Waals surface area contributed by atoms with Crippen LogP contribution in [0.15, 0.2) is 34.8 Å². The normalized spacial score (nSPS) is 18.5. The van der Waals surface area contributed by atoms with Gasteiger partial charge < -0.3 is 19.5 Å². The molecule has 0 aliphatic carbocycles. The number of fused-ring (bicyclic) bond motifs is 1. The summed E-state index contributed by atoms with van der Waals surface area (Å²) in [7, 11) is 5.07. The number of rotatable bonds is 8. The fraction of sp³-hybridized carbons (Fsp3) is 0.478. The zero-order chi connectivity index (χ0) is 20.1. The summed E-state index contributed by atoms with van der Waals surface area (Å²) in [6, 6.07) is 11.3. The summed E-state index contributed by atoms with van der Waals surface area (Å²) in [6.45, 7) is 2.25. The van der Waals surface area contributed by atoms with Crippen molar-refractivity contribution in [1.29, 1.82) is 0 Å². The van der Waals surface area contributed by atoms with Crippen LogP contribution in [0.5, 0.6) is 17.2 Å². The summed E-state index contributed by atoms with van der Waals surface area (Å²) in [6.07, 6.45) is 5.58. The first-order valence-electron chi connectivity index (χ1n) is 9.92. The Morgan fingerprint density at radius 3 is 2.46 bits per heavy atom. The Hall–Kier alpha value is -1.72. The highest BCUT2D eigenvalue weighted by atomic mass is 79.9. The van der Waals surface area contributed by atoms with E-state index in [1.807, 2.05) is 6.07 Å². The second-order valence-electron chi connectivity index (χ2n) is 7.33. The summed E-state index contributed by atoms with van der Waals surface area (Å²) in [5.41, 5.74) is 3.95. The van der Waals surface area contributed by atoms with E-state index in [-0.39, 0.29) is 6.04 Å². The van der Waals surface area contributed by atoms with Gasteiger partial charge in [-0.15, -0.1) is 0 Å². The fourth-order valence-corrected chi connectivity index (χ4v) is 4.49. The molecule has 0 spiro atoms. The zero-order valence-corrected chi connectivity index (χ0v) is 18.8. The zero-order valence-electron chi connectivity index (χ0n) is 17.2. The van der Waals surface area contributed by atoms with Gasteiger partial charge in [-0.25, -0.2) is 0 Å². The molecule has 0 bridgehead atoms. The predicted molar refractivity (Wildman–Crippen MR) is 117 cm³/mol. The second-order valence-corrected chi connectivity index (χ2v) is 8.18. The monoisotopic (exact) mass is 447 g/mol. The number of halogens is 1. The molecule has 0 aromatic heterocycles. The molecule has 1 aliphatic heterocycles. The molecule has 1 N–H and O–H groups in total. The lowest BCUT2D eigenvalue weighted by Gasteiger charge is -2.34. The van der Waals surface area contributed by atoms with Crippen molar-refractivity contribution in [2.75, 3.05) is 21.3 Å². The lowest BCUT2D eigenvalue weighted by molar-refractivity contribution is 0.352. The van der Waals surface area contributed by atoms with Gasteiger partial charge in [-0.3, -0.25) is 0 Å². The molecule has 28 heavy (non-hydrogen) atoms. The molecule has 2 atom stereocenters. The lowest BCUT2D eigenvalue weighted by atomic mass is 9.85. The van der Waals surface area contributed by atoms with E-state index in [2.05, 4.69) is 52.4 Å². The standard InChI is InChI=1S/C23H30BrNO3/c1-5-6-7-17-10-15-11-18(26-2)8-9-19(15)21(25-17)12-16-13-22(27-3)23(28-4)14-20(16)24/h8-9,11,13-14,17,21,25H,5-7,10,12H2,1-4H3.